The van der Waals surface area contributed by atoms with Crippen molar-refractivity contribution < 1.29 is 4.39 Å². The largest absolute Gasteiger partial charge is 0.310 e. The van der Waals surface area contributed by atoms with Crippen molar-refractivity contribution in [1.29, 1.82) is 0 Å². The van der Waals surface area contributed by atoms with Crippen LogP contribution in [0.4, 0.5) is 4.39 Å². The van der Waals surface area contributed by atoms with Crippen LogP contribution < -0.4 is 5.56 Å². The molecule has 0 saturated heterocycles. The molecule has 19 heavy (non-hydrogen) atoms. The highest BCUT2D eigenvalue weighted by Gasteiger charge is 2.18. The van der Waals surface area contributed by atoms with Gasteiger partial charge in [-0.2, -0.15) is 0 Å². The topological polar surface area (TPSA) is 45.8 Å². The molecule has 0 spiro atoms. The van der Waals surface area contributed by atoms with E-state index >= 15 is 0 Å². The maximum absolute atomic E-state index is 13.4. The number of nitrogens with zero attached hydrogens (tertiary/aromatic N) is 1. The maximum atomic E-state index is 13.4. The molecule has 0 amide bonds. The molecule has 1 aromatic carbocycles. The summed E-state index contributed by atoms with van der Waals surface area (Å²) in [6.07, 6.45) is 0. The summed E-state index contributed by atoms with van der Waals surface area (Å²) in [4.78, 5) is 18.9. The Kier molecular flexibility index (Phi) is 3.27. The third kappa shape index (κ3) is 3.08. The number of hydrogen-bond donors (Lipinski definition) is 1. The molecule has 0 aliphatic rings. The van der Waals surface area contributed by atoms with E-state index in [1.807, 2.05) is 33.8 Å². The molecule has 0 atom stereocenters. The van der Waals surface area contributed by atoms with Crippen molar-refractivity contribution in [2.24, 2.45) is 0 Å². The first-order valence-electron chi connectivity index (χ1n) is 6.15. The third-order valence-corrected chi connectivity index (χ3v) is 2.79. The minimum atomic E-state index is -0.325. The molecule has 0 fully saturated rings. The molecule has 2 rings (SSSR count). The molecule has 0 bridgehead atoms. The van der Waals surface area contributed by atoms with Gasteiger partial charge < -0.3 is 4.98 Å². The summed E-state index contributed by atoms with van der Waals surface area (Å²) in [5.41, 5.74) is 1.42. The Morgan fingerprint density at radius 2 is 1.84 bits per heavy atom. The van der Waals surface area contributed by atoms with Gasteiger partial charge in [0.2, 0.25) is 0 Å². The van der Waals surface area contributed by atoms with E-state index in [1.165, 1.54) is 18.2 Å². The summed E-state index contributed by atoms with van der Waals surface area (Å²) in [6.45, 7) is 7.70. The molecule has 0 saturated carbocycles. The van der Waals surface area contributed by atoms with Crippen molar-refractivity contribution in [3.05, 3.63) is 51.8 Å². The van der Waals surface area contributed by atoms with Gasteiger partial charge in [-0.3, -0.25) is 4.79 Å². The Hall–Kier alpha value is -1.97. The molecular formula is C15H17FN2O. The first-order chi connectivity index (χ1) is 8.75. The van der Waals surface area contributed by atoms with Crippen LogP contribution in [-0.4, -0.2) is 9.97 Å². The summed E-state index contributed by atoms with van der Waals surface area (Å²) in [6, 6.07) is 6.04. The highest BCUT2D eigenvalue weighted by atomic mass is 19.1. The number of halogens is 1. The summed E-state index contributed by atoms with van der Waals surface area (Å²) in [7, 11) is 0. The molecule has 0 radical (unpaired) electrons. The van der Waals surface area contributed by atoms with Crippen molar-refractivity contribution in [2.75, 3.05) is 0 Å². The van der Waals surface area contributed by atoms with Crippen molar-refractivity contribution in [3.63, 3.8) is 0 Å². The molecule has 4 heteroatoms. The van der Waals surface area contributed by atoms with Gasteiger partial charge in [0.25, 0.3) is 5.56 Å². The lowest BCUT2D eigenvalue weighted by Crippen LogP contribution is -2.21. The van der Waals surface area contributed by atoms with E-state index < -0.39 is 0 Å². The Bertz CT molecular complexity index is 648. The molecule has 1 N–H and O–H groups in total. The van der Waals surface area contributed by atoms with E-state index in [9.17, 15) is 9.18 Å². The Morgan fingerprint density at radius 3 is 2.42 bits per heavy atom. The second-order valence-electron chi connectivity index (χ2n) is 5.75. The van der Waals surface area contributed by atoms with E-state index in [0.29, 0.717) is 17.1 Å². The molecule has 100 valence electrons. The summed E-state index contributed by atoms with van der Waals surface area (Å²) in [5.74, 6) is 0.270. The lowest BCUT2D eigenvalue weighted by atomic mass is 9.95. The first-order valence-corrected chi connectivity index (χ1v) is 6.15. The maximum Gasteiger partial charge on any atom is 0.251 e. The summed E-state index contributed by atoms with van der Waals surface area (Å²) in [5, 5.41) is 0. The number of benzene rings is 1. The van der Waals surface area contributed by atoms with Gasteiger partial charge in [0.15, 0.2) is 0 Å². The summed E-state index contributed by atoms with van der Waals surface area (Å²) >= 11 is 0. The Balaban J connectivity index is 2.63. The van der Waals surface area contributed by atoms with Crippen LogP contribution in [0.15, 0.2) is 29.1 Å². The lowest BCUT2D eigenvalue weighted by Gasteiger charge is -2.17. The van der Waals surface area contributed by atoms with E-state index in [-0.39, 0.29) is 16.8 Å². The van der Waals surface area contributed by atoms with Crippen LogP contribution >= 0.6 is 0 Å². The average molecular weight is 260 g/mol. The van der Waals surface area contributed by atoms with Gasteiger partial charge in [-0.15, -0.1) is 0 Å². The molecule has 1 aromatic heterocycles. The zero-order valence-electron chi connectivity index (χ0n) is 11.5. The molecule has 0 aliphatic heterocycles. The van der Waals surface area contributed by atoms with Crippen molar-refractivity contribution >= 4 is 0 Å². The van der Waals surface area contributed by atoms with Crippen molar-refractivity contribution in [1.82, 2.24) is 9.97 Å². The van der Waals surface area contributed by atoms with Crippen LogP contribution in [0.5, 0.6) is 0 Å². The Morgan fingerprint density at radius 1 is 1.16 bits per heavy atom. The van der Waals surface area contributed by atoms with Gasteiger partial charge in [-0.05, 0) is 30.7 Å². The highest BCUT2D eigenvalue weighted by Crippen LogP contribution is 2.22. The number of nitrogens with one attached hydrogen (secondary N) is 1. The molecular weight excluding hydrogens is 243 g/mol. The standard InChI is InChI=1S/C15H17FN2O/c1-9-5-10(7-11(16)6-9)12-8-13(19)18-14(17-12)15(2,3)4/h5-8H,1-4H3,(H,17,18,19). The number of aromatic amines is 1. The highest BCUT2D eigenvalue weighted by molar-refractivity contribution is 5.59. The van der Waals surface area contributed by atoms with E-state index in [2.05, 4.69) is 9.97 Å². The van der Waals surface area contributed by atoms with Crippen LogP contribution in [0.1, 0.15) is 32.2 Å². The van der Waals surface area contributed by atoms with Crippen LogP contribution in [0, 0.1) is 12.7 Å². The van der Waals surface area contributed by atoms with Gasteiger partial charge in [0, 0.05) is 17.0 Å². The smallest absolute Gasteiger partial charge is 0.251 e. The summed E-state index contributed by atoms with van der Waals surface area (Å²) < 4.78 is 13.4. The molecule has 0 aliphatic carbocycles. The third-order valence-electron chi connectivity index (χ3n) is 2.79. The SMILES string of the molecule is Cc1cc(F)cc(-c2cc(=O)[nH]c(C(C)(C)C)n2)c1. The zero-order valence-corrected chi connectivity index (χ0v) is 11.5. The van der Waals surface area contributed by atoms with Crippen molar-refractivity contribution in [3.8, 4) is 11.3 Å². The van der Waals surface area contributed by atoms with Gasteiger partial charge in [0.1, 0.15) is 11.6 Å². The monoisotopic (exact) mass is 260 g/mol. The van der Waals surface area contributed by atoms with Gasteiger partial charge in [0.05, 0.1) is 5.69 Å². The number of rotatable bonds is 1. The number of H-pyrrole nitrogens is 1. The lowest BCUT2D eigenvalue weighted by molar-refractivity contribution is 0.543. The van der Waals surface area contributed by atoms with E-state index in [0.717, 1.165) is 5.56 Å². The normalized spacial score (nSPS) is 11.6. The van der Waals surface area contributed by atoms with Crippen LogP contribution in [-0.2, 0) is 5.41 Å². The van der Waals surface area contributed by atoms with Crippen molar-refractivity contribution in [2.45, 2.75) is 33.1 Å². The molecule has 2 aromatic rings. The minimum absolute atomic E-state index is 0.225. The van der Waals surface area contributed by atoms with Gasteiger partial charge in [-0.25, -0.2) is 9.37 Å². The first kappa shape index (κ1) is 13.5. The second-order valence-corrected chi connectivity index (χ2v) is 5.75. The molecule has 3 nitrogen and oxygen atoms in total. The van der Waals surface area contributed by atoms with Crippen LogP contribution in [0.3, 0.4) is 0 Å². The second kappa shape index (κ2) is 4.61. The van der Waals surface area contributed by atoms with Crippen LogP contribution in [0.25, 0.3) is 11.3 Å². The zero-order chi connectivity index (χ0) is 14.2. The molecule has 1 heterocycles. The Labute approximate surface area is 111 Å². The van der Waals surface area contributed by atoms with E-state index in [1.54, 1.807) is 0 Å². The number of aryl methyl sites for hydroxylation is 1. The fourth-order valence-electron chi connectivity index (χ4n) is 1.84. The number of aromatic nitrogens is 2. The fourth-order valence-corrected chi connectivity index (χ4v) is 1.84. The van der Waals surface area contributed by atoms with Gasteiger partial charge in [-0.1, -0.05) is 20.8 Å². The van der Waals surface area contributed by atoms with Crippen LogP contribution in [0.2, 0.25) is 0 Å². The quantitative estimate of drug-likeness (QED) is 0.856. The molecule has 0 unspecified atom stereocenters. The number of hydrogen-bond acceptors (Lipinski definition) is 2. The van der Waals surface area contributed by atoms with Gasteiger partial charge >= 0.3 is 0 Å². The minimum Gasteiger partial charge on any atom is -0.310 e. The predicted octanol–water partition coefficient (Wildman–Crippen LogP) is 3.18. The average Bonchev–Trinajstić information content (AvgIpc) is 2.25. The van der Waals surface area contributed by atoms with E-state index in [4.69, 9.17) is 0 Å². The fraction of sp³-hybridized carbons (Fsp3) is 0.333. The predicted molar refractivity (Wildman–Crippen MR) is 73.7 cm³/mol.